The van der Waals surface area contributed by atoms with Crippen LogP contribution in [0.4, 0.5) is 0 Å². The van der Waals surface area contributed by atoms with Crippen molar-refractivity contribution in [2.45, 2.75) is 51.2 Å². The minimum Gasteiger partial charge on any atom is -0.328 e. The van der Waals surface area contributed by atoms with E-state index >= 15 is 0 Å². The van der Waals surface area contributed by atoms with Crippen molar-refractivity contribution in [1.29, 1.82) is 0 Å². The van der Waals surface area contributed by atoms with Gasteiger partial charge in [-0.05, 0) is 25.7 Å². The predicted molar refractivity (Wildman–Crippen MR) is 65.0 cm³/mol. The molecule has 3 N–H and O–H groups in total. The Morgan fingerprint density at radius 2 is 2.38 bits per heavy atom. The van der Waals surface area contributed by atoms with Crippen molar-refractivity contribution in [3.8, 4) is 0 Å². The molecule has 0 aliphatic heterocycles. The Morgan fingerprint density at radius 3 is 3.00 bits per heavy atom. The number of nitrogens with one attached hydrogen (secondary N) is 1. The Morgan fingerprint density at radius 1 is 1.56 bits per heavy atom. The Kier molecular flexibility index (Phi) is 3.61. The molecule has 1 aliphatic carbocycles. The van der Waals surface area contributed by atoms with Gasteiger partial charge in [0, 0.05) is 37.4 Å². The molecule has 1 fully saturated rings. The maximum atomic E-state index is 5.90. The monoisotopic (exact) mass is 222 g/mol. The maximum absolute atomic E-state index is 5.90. The molecule has 0 bridgehead atoms. The third kappa shape index (κ3) is 2.62. The zero-order chi connectivity index (χ0) is 11.5. The smallest absolute Gasteiger partial charge is 0.0666 e. The van der Waals surface area contributed by atoms with Gasteiger partial charge in [-0.1, -0.05) is 6.92 Å². The van der Waals surface area contributed by atoms with Crippen LogP contribution >= 0.6 is 0 Å². The van der Waals surface area contributed by atoms with Gasteiger partial charge in [-0.3, -0.25) is 4.68 Å². The molecular formula is C12H22N4. The summed E-state index contributed by atoms with van der Waals surface area (Å²) in [5.74, 6) is 0. The van der Waals surface area contributed by atoms with E-state index in [9.17, 15) is 0 Å². The fourth-order valence-corrected chi connectivity index (χ4v) is 2.49. The van der Waals surface area contributed by atoms with Crippen LogP contribution in [-0.2, 0) is 20.0 Å². The lowest BCUT2D eigenvalue weighted by molar-refractivity contribution is 0.515. The molecule has 0 spiro atoms. The SMILES string of the molecule is CCc1nn(C)cc1CNC1CCC(N)C1. The van der Waals surface area contributed by atoms with Crippen molar-refractivity contribution in [2.24, 2.45) is 12.8 Å². The molecule has 2 atom stereocenters. The number of aryl methyl sites for hydroxylation is 2. The summed E-state index contributed by atoms with van der Waals surface area (Å²) in [6, 6.07) is 0.997. The van der Waals surface area contributed by atoms with Gasteiger partial charge in [-0.25, -0.2) is 0 Å². The highest BCUT2D eigenvalue weighted by Crippen LogP contribution is 2.18. The average molecular weight is 222 g/mol. The Hall–Kier alpha value is -0.870. The first-order chi connectivity index (χ1) is 7.69. The number of hydrogen-bond donors (Lipinski definition) is 2. The van der Waals surface area contributed by atoms with Crippen LogP contribution in [-0.4, -0.2) is 21.9 Å². The minimum atomic E-state index is 0.400. The van der Waals surface area contributed by atoms with Crippen molar-refractivity contribution in [3.05, 3.63) is 17.5 Å². The largest absolute Gasteiger partial charge is 0.328 e. The first-order valence-electron chi connectivity index (χ1n) is 6.19. The Balaban J connectivity index is 1.89. The summed E-state index contributed by atoms with van der Waals surface area (Å²) in [5.41, 5.74) is 8.43. The third-order valence-electron chi connectivity index (χ3n) is 3.38. The molecule has 0 radical (unpaired) electrons. The summed E-state index contributed by atoms with van der Waals surface area (Å²) < 4.78 is 1.90. The summed E-state index contributed by atoms with van der Waals surface area (Å²) in [6.45, 7) is 3.08. The van der Waals surface area contributed by atoms with E-state index in [-0.39, 0.29) is 0 Å². The highest BCUT2D eigenvalue weighted by Gasteiger charge is 2.21. The van der Waals surface area contributed by atoms with Gasteiger partial charge in [0.25, 0.3) is 0 Å². The number of hydrogen-bond acceptors (Lipinski definition) is 3. The summed E-state index contributed by atoms with van der Waals surface area (Å²) >= 11 is 0. The number of aromatic nitrogens is 2. The van der Waals surface area contributed by atoms with Crippen LogP contribution in [0.15, 0.2) is 6.20 Å². The number of nitrogens with zero attached hydrogens (tertiary/aromatic N) is 2. The van der Waals surface area contributed by atoms with Gasteiger partial charge in [-0.2, -0.15) is 5.10 Å². The van der Waals surface area contributed by atoms with E-state index in [0.717, 1.165) is 25.8 Å². The van der Waals surface area contributed by atoms with Crippen molar-refractivity contribution >= 4 is 0 Å². The van der Waals surface area contributed by atoms with E-state index < -0.39 is 0 Å². The minimum absolute atomic E-state index is 0.400. The molecule has 1 heterocycles. The van der Waals surface area contributed by atoms with E-state index in [0.29, 0.717) is 12.1 Å². The molecule has 1 aliphatic rings. The molecule has 4 heteroatoms. The fourth-order valence-electron chi connectivity index (χ4n) is 2.49. The topological polar surface area (TPSA) is 55.9 Å². The zero-order valence-electron chi connectivity index (χ0n) is 10.2. The number of rotatable bonds is 4. The summed E-state index contributed by atoms with van der Waals surface area (Å²) in [4.78, 5) is 0. The lowest BCUT2D eigenvalue weighted by Gasteiger charge is -2.11. The molecule has 0 saturated heterocycles. The normalized spacial score (nSPS) is 25.2. The van der Waals surface area contributed by atoms with E-state index in [4.69, 9.17) is 5.73 Å². The molecular weight excluding hydrogens is 200 g/mol. The van der Waals surface area contributed by atoms with Crippen LogP contribution < -0.4 is 11.1 Å². The molecule has 1 aromatic rings. The van der Waals surface area contributed by atoms with Crippen LogP contribution in [0.25, 0.3) is 0 Å². The molecule has 1 saturated carbocycles. The lowest BCUT2D eigenvalue weighted by atomic mass is 10.2. The first-order valence-corrected chi connectivity index (χ1v) is 6.19. The van der Waals surface area contributed by atoms with Crippen LogP contribution in [0.3, 0.4) is 0 Å². The van der Waals surface area contributed by atoms with E-state index in [1.54, 1.807) is 0 Å². The van der Waals surface area contributed by atoms with Gasteiger partial charge in [0.05, 0.1) is 5.69 Å². The summed E-state index contributed by atoms with van der Waals surface area (Å²) in [7, 11) is 1.98. The second-order valence-corrected chi connectivity index (χ2v) is 4.78. The van der Waals surface area contributed by atoms with Crippen molar-refractivity contribution < 1.29 is 0 Å². The van der Waals surface area contributed by atoms with E-state index in [1.807, 2.05) is 11.7 Å². The number of nitrogens with two attached hydrogens (primary N) is 1. The van der Waals surface area contributed by atoms with Crippen LogP contribution in [0.1, 0.15) is 37.4 Å². The van der Waals surface area contributed by atoms with E-state index in [1.165, 1.54) is 17.7 Å². The zero-order valence-corrected chi connectivity index (χ0v) is 10.2. The van der Waals surface area contributed by atoms with Crippen LogP contribution in [0, 0.1) is 0 Å². The molecule has 2 unspecified atom stereocenters. The van der Waals surface area contributed by atoms with Crippen molar-refractivity contribution in [1.82, 2.24) is 15.1 Å². The maximum Gasteiger partial charge on any atom is 0.0666 e. The summed E-state index contributed by atoms with van der Waals surface area (Å²) in [6.07, 6.45) is 6.60. The summed E-state index contributed by atoms with van der Waals surface area (Å²) in [5, 5.41) is 8.02. The quantitative estimate of drug-likeness (QED) is 0.797. The second kappa shape index (κ2) is 4.97. The van der Waals surface area contributed by atoms with Gasteiger partial charge in [0.2, 0.25) is 0 Å². The molecule has 16 heavy (non-hydrogen) atoms. The molecule has 4 nitrogen and oxygen atoms in total. The average Bonchev–Trinajstić information content (AvgIpc) is 2.81. The molecule has 90 valence electrons. The third-order valence-corrected chi connectivity index (χ3v) is 3.38. The van der Waals surface area contributed by atoms with Crippen molar-refractivity contribution in [3.63, 3.8) is 0 Å². The highest BCUT2D eigenvalue weighted by molar-refractivity contribution is 5.16. The fraction of sp³-hybridized carbons (Fsp3) is 0.750. The molecule has 1 aromatic heterocycles. The van der Waals surface area contributed by atoms with Gasteiger partial charge >= 0.3 is 0 Å². The van der Waals surface area contributed by atoms with E-state index in [2.05, 4.69) is 23.5 Å². The first kappa shape index (κ1) is 11.6. The second-order valence-electron chi connectivity index (χ2n) is 4.78. The van der Waals surface area contributed by atoms with Gasteiger partial charge < -0.3 is 11.1 Å². The Bertz CT molecular complexity index is 345. The van der Waals surface area contributed by atoms with Gasteiger partial charge in [0.1, 0.15) is 0 Å². The van der Waals surface area contributed by atoms with Crippen LogP contribution in [0.5, 0.6) is 0 Å². The Labute approximate surface area is 97.2 Å². The molecule has 2 rings (SSSR count). The standard InChI is InChI=1S/C12H22N4/c1-3-12-9(8-16(2)15-12)7-14-11-5-4-10(13)6-11/h8,10-11,14H,3-7,13H2,1-2H3. The molecule has 0 aromatic carbocycles. The van der Waals surface area contributed by atoms with Crippen LogP contribution in [0.2, 0.25) is 0 Å². The van der Waals surface area contributed by atoms with Gasteiger partial charge in [0.15, 0.2) is 0 Å². The lowest BCUT2D eigenvalue weighted by Crippen LogP contribution is -2.28. The predicted octanol–water partition coefficient (Wildman–Crippen LogP) is 0.952. The molecule has 0 amide bonds. The highest BCUT2D eigenvalue weighted by atomic mass is 15.3. The van der Waals surface area contributed by atoms with Gasteiger partial charge in [-0.15, -0.1) is 0 Å². The van der Waals surface area contributed by atoms with Crippen molar-refractivity contribution in [2.75, 3.05) is 0 Å².